The van der Waals surface area contributed by atoms with E-state index < -0.39 is 5.63 Å². The lowest BCUT2D eigenvalue weighted by atomic mass is 10.2. The van der Waals surface area contributed by atoms with Gasteiger partial charge in [0.1, 0.15) is 11.2 Å². The van der Waals surface area contributed by atoms with Crippen LogP contribution >= 0.6 is 15.9 Å². The largest absolute Gasteiger partial charge is 0.451 e. The van der Waals surface area contributed by atoms with Crippen LogP contribution in [0, 0.1) is 0 Å². The Hall–Kier alpha value is -2.86. The molecule has 1 amide bonds. The van der Waals surface area contributed by atoms with Crippen LogP contribution in [-0.4, -0.2) is 5.91 Å². The van der Waals surface area contributed by atoms with E-state index in [9.17, 15) is 9.59 Å². The summed E-state index contributed by atoms with van der Waals surface area (Å²) in [6, 6.07) is 15.3. The lowest BCUT2D eigenvalue weighted by Gasteiger charge is -2.04. The van der Waals surface area contributed by atoms with Gasteiger partial charge in [-0.3, -0.25) is 4.79 Å². The lowest BCUT2D eigenvalue weighted by Crippen LogP contribution is -2.10. The van der Waals surface area contributed by atoms with Gasteiger partial charge in [-0.05, 0) is 48.5 Å². The highest BCUT2D eigenvalue weighted by atomic mass is 79.9. The number of halogens is 1. The fraction of sp³-hybridized carbons (Fsp3) is 0. The van der Waals surface area contributed by atoms with E-state index in [1.54, 1.807) is 36.4 Å². The molecule has 0 aliphatic heterocycles. The second kappa shape index (κ2) is 5.65. The molecule has 0 aliphatic rings. The number of benzene rings is 2. The van der Waals surface area contributed by atoms with Crippen molar-refractivity contribution in [3.05, 3.63) is 75.3 Å². The average Bonchev–Trinajstić information content (AvgIpc) is 2.98. The van der Waals surface area contributed by atoms with Gasteiger partial charge in [0.2, 0.25) is 0 Å². The highest BCUT2D eigenvalue weighted by molar-refractivity contribution is 9.10. The summed E-state index contributed by atoms with van der Waals surface area (Å²) < 4.78 is 11.5. The molecule has 0 fully saturated rings. The zero-order valence-electron chi connectivity index (χ0n) is 12.2. The predicted octanol–water partition coefficient (Wildman–Crippen LogP) is 4.55. The summed E-state index contributed by atoms with van der Waals surface area (Å²) in [5, 5.41) is 4.34. The quantitative estimate of drug-likeness (QED) is 0.515. The smallest absolute Gasteiger partial charge is 0.336 e. The average molecular weight is 384 g/mol. The molecule has 4 aromatic rings. The number of carbonyl (C=O) groups is 1. The minimum Gasteiger partial charge on any atom is -0.451 e. The van der Waals surface area contributed by atoms with Gasteiger partial charge in [0.15, 0.2) is 5.76 Å². The van der Waals surface area contributed by atoms with Crippen molar-refractivity contribution in [2.75, 3.05) is 5.32 Å². The first-order chi connectivity index (χ1) is 11.6. The Morgan fingerprint density at radius 1 is 0.875 bits per heavy atom. The van der Waals surface area contributed by atoms with Gasteiger partial charge < -0.3 is 14.2 Å². The van der Waals surface area contributed by atoms with Crippen LogP contribution in [-0.2, 0) is 0 Å². The van der Waals surface area contributed by atoms with Crippen molar-refractivity contribution in [3.63, 3.8) is 0 Å². The molecular formula is C18H10BrNO4. The van der Waals surface area contributed by atoms with Crippen molar-refractivity contribution in [3.8, 4) is 0 Å². The van der Waals surface area contributed by atoms with Crippen LogP contribution in [0.25, 0.3) is 21.9 Å². The summed E-state index contributed by atoms with van der Waals surface area (Å²) in [6.07, 6.45) is 0. The molecule has 0 unspecified atom stereocenters. The third-order valence-corrected chi connectivity index (χ3v) is 4.07. The lowest BCUT2D eigenvalue weighted by molar-refractivity contribution is 0.0998. The van der Waals surface area contributed by atoms with Crippen LogP contribution in [0.5, 0.6) is 0 Å². The Bertz CT molecular complexity index is 1140. The van der Waals surface area contributed by atoms with Gasteiger partial charge in [-0.1, -0.05) is 15.9 Å². The number of hydrogen-bond donors (Lipinski definition) is 1. The molecule has 118 valence electrons. The summed E-state index contributed by atoms with van der Waals surface area (Å²) in [6.45, 7) is 0. The van der Waals surface area contributed by atoms with E-state index in [0.29, 0.717) is 16.9 Å². The maximum absolute atomic E-state index is 12.4. The van der Waals surface area contributed by atoms with E-state index in [4.69, 9.17) is 8.83 Å². The number of hydrogen-bond acceptors (Lipinski definition) is 4. The van der Waals surface area contributed by atoms with Crippen LogP contribution in [0.3, 0.4) is 0 Å². The van der Waals surface area contributed by atoms with Gasteiger partial charge in [0.25, 0.3) is 5.91 Å². The van der Waals surface area contributed by atoms with E-state index >= 15 is 0 Å². The second-order valence-electron chi connectivity index (χ2n) is 5.25. The minimum atomic E-state index is -0.410. The molecule has 0 saturated heterocycles. The van der Waals surface area contributed by atoms with Gasteiger partial charge >= 0.3 is 5.63 Å². The molecule has 24 heavy (non-hydrogen) atoms. The van der Waals surface area contributed by atoms with Crippen molar-refractivity contribution < 1.29 is 13.6 Å². The van der Waals surface area contributed by atoms with E-state index in [2.05, 4.69) is 21.2 Å². The summed E-state index contributed by atoms with van der Waals surface area (Å²) in [5.41, 5.74) is 1.29. The zero-order valence-corrected chi connectivity index (χ0v) is 13.8. The van der Waals surface area contributed by atoms with Crippen molar-refractivity contribution in [2.24, 2.45) is 0 Å². The number of carbonyl (C=O) groups excluding carboxylic acids is 1. The molecule has 2 aromatic carbocycles. The van der Waals surface area contributed by atoms with E-state index in [-0.39, 0.29) is 11.7 Å². The van der Waals surface area contributed by atoms with Gasteiger partial charge in [-0.15, -0.1) is 0 Å². The number of fused-ring (bicyclic) bond motifs is 2. The Balaban J connectivity index is 1.64. The summed E-state index contributed by atoms with van der Waals surface area (Å²) in [7, 11) is 0. The number of amides is 1. The molecule has 2 aromatic heterocycles. The molecule has 4 rings (SSSR count). The fourth-order valence-corrected chi connectivity index (χ4v) is 2.85. The standard InChI is InChI=1S/C18H10BrNO4/c19-12-2-4-15-11(7-12)9-16(23-15)18(22)20-13-3-5-14-10(8-13)1-6-17(21)24-14/h1-9H,(H,20,22). The van der Waals surface area contributed by atoms with E-state index in [0.717, 1.165) is 15.2 Å². The predicted molar refractivity (Wildman–Crippen MR) is 94.4 cm³/mol. The van der Waals surface area contributed by atoms with Crippen LogP contribution in [0.1, 0.15) is 10.6 Å². The van der Waals surface area contributed by atoms with Crippen molar-refractivity contribution >= 4 is 49.5 Å². The molecule has 0 bridgehead atoms. The molecular weight excluding hydrogens is 374 g/mol. The first-order valence-electron chi connectivity index (χ1n) is 7.13. The highest BCUT2D eigenvalue weighted by Crippen LogP contribution is 2.24. The third-order valence-electron chi connectivity index (χ3n) is 3.58. The van der Waals surface area contributed by atoms with Crippen LogP contribution in [0.15, 0.2) is 72.7 Å². The Labute approximate surface area is 144 Å². The molecule has 1 N–H and O–H groups in total. The minimum absolute atomic E-state index is 0.225. The van der Waals surface area contributed by atoms with Gasteiger partial charge in [0, 0.05) is 27.0 Å². The van der Waals surface area contributed by atoms with Gasteiger partial charge in [-0.2, -0.15) is 0 Å². The Kier molecular flexibility index (Phi) is 3.46. The molecule has 0 radical (unpaired) electrons. The van der Waals surface area contributed by atoms with Crippen molar-refractivity contribution in [1.29, 1.82) is 0 Å². The number of anilines is 1. The number of nitrogens with one attached hydrogen (secondary N) is 1. The van der Waals surface area contributed by atoms with Crippen molar-refractivity contribution in [1.82, 2.24) is 0 Å². The van der Waals surface area contributed by atoms with E-state index in [1.807, 2.05) is 12.1 Å². The summed E-state index contributed by atoms with van der Waals surface area (Å²) in [5.74, 6) is -0.123. The summed E-state index contributed by atoms with van der Waals surface area (Å²) >= 11 is 3.39. The number of rotatable bonds is 2. The fourth-order valence-electron chi connectivity index (χ4n) is 2.47. The molecule has 6 heteroatoms. The maximum Gasteiger partial charge on any atom is 0.336 e. The Morgan fingerprint density at radius 2 is 1.67 bits per heavy atom. The highest BCUT2D eigenvalue weighted by Gasteiger charge is 2.13. The first-order valence-corrected chi connectivity index (χ1v) is 7.92. The van der Waals surface area contributed by atoms with E-state index in [1.165, 1.54) is 6.07 Å². The summed E-state index contributed by atoms with van der Waals surface area (Å²) in [4.78, 5) is 23.6. The molecule has 5 nitrogen and oxygen atoms in total. The maximum atomic E-state index is 12.4. The molecule has 2 heterocycles. The second-order valence-corrected chi connectivity index (χ2v) is 6.17. The normalized spacial score (nSPS) is 11.0. The number of furan rings is 1. The van der Waals surface area contributed by atoms with Gasteiger partial charge in [0.05, 0.1) is 0 Å². The molecule has 0 atom stereocenters. The Morgan fingerprint density at radius 3 is 2.54 bits per heavy atom. The van der Waals surface area contributed by atoms with Gasteiger partial charge in [-0.25, -0.2) is 4.79 Å². The first kappa shape index (κ1) is 14.7. The monoisotopic (exact) mass is 383 g/mol. The van der Waals surface area contributed by atoms with Crippen molar-refractivity contribution in [2.45, 2.75) is 0 Å². The van der Waals surface area contributed by atoms with Crippen LogP contribution in [0.4, 0.5) is 5.69 Å². The topological polar surface area (TPSA) is 72.5 Å². The molecule has 0 spiro atoms. The van der Waals surface area contributed by atoms with Crippen LogP contribution < -0.4 is 10.9 Å². The molecule has 0 aliphatic carbocycles. The zero-order chi connectivity index (χ0) is 16.7. The third kappa shape index (κ3) is 2.72. The molecule has 0 saturated carbocycles. The SMILES string of the molecule is O=C(Nc1ccc2oc(=O)ccc2c1)c1cc2cc(Br)ccc2o1. The van der Waals surface area contributed by atoms with Crippen LogP contribution in [0.2, 0.25) is 0 Å².